The van der Waals surface area contributed by atoms with Gasteiger partial charge in [-0.3, -0.25) is 4.90 Å². The zero-order valence-electron chi connectivity index (χ0n) is 19.8. The lowest BCUT2D eigenvalue weighted by atomic mass is 9.83. The lowest BCUT2D eigenvalue weighted by Crippen LogP contribution is -3.00. The minimum atomic E-state index is -0.225. The summed E-state index contributed by atoms with van der Waals surface area (Å²) >= 11 is 5.19. The van der Waals surface area contributed by atoms with E-state index in [4.69, 9.17) is 4.74 Å². The molecule has 7 heteroatoms. The number of fused-ring (bicyclic) bond motifs is 3. The van der Waals surface area contributed by atoms with Crippen LogP contribution in [0.2, 0.25) is 0 Å². The number of hydrogen-bond donors (Lipinski definition) is 0. The molecule has 1 amide bonds. The van der Waals surface area contributed by atoms with E-state index in [0.29, 0.717) is 12.5 Å². The van der Waals surface area contributed by atoms with E-state index in [1.807, 2.05) is 30.3 Å². The number of nitrogens with zero attached hydrogens (tertiary/aromatic N) is 2. The van der Waals surface area contributed by atoms with E-state index in [1.165, 1.54) is 31.6 Å². The molecule has 0 unspecified atom stereocenters. The van der Waals surface area contributed by atoms with Crippen LogP contribution in [0.5, 0.6) is 0 Å². The summed E-state index contributed by atoms with van der Waals surface area (Å²) in [5.74, 6) is 0.492. The first-order chi connectivity index (χ1) is 16.6. The van der Waals surface area contributed by atoms with Crippen LogP contribution >= 0.6 is 27.3 Å². The Morgan fingerprint density at radius 3 is 2.40 bits per heavy atom. The number of quaternary nitrogens is 1. The highest BCUT2D eigenvalue weighted by molar-refractivity contribution is 9.10. The fraction of sp³-hybridized carbons (Fsp3) is 0.393. The molecule has 0 aliphatic carbocycles. The second kappa shape index (κ2) is 11.9. The normalized spacial score (nSPS) is 22.9. The number of anilines is 1. The maximum absolute atomic E-state index is 13.5. The van der Waals surface area contributed by atoms with Crippen LogP contribution in [0.25, 0.3) is 0 Å². The van der Waals surface area contributed by atoms with E-state index in [0.717, 1.165) is 45.3 Å². The Morgan fingerprint density at radius 1 is 1.06 bits per heavy atom. The van der Waals surface area contributed by atoms with E-state index in [2.05, 4.69) is 57.7 Å². The molecule has 4 nitrogen and oxygen atoms in total. The van der Waals surface area contributed by atoms with Gasteiger partial charge in [0.25, 0.3) is 0 Å². The summed E-state index contributed by atoms with van der Waals surface area (Å²) in [6, 6.07) is 22.7. The molecule has 35 heavy (non-hydrogen) atoms. The van der Waals surface area contributed by atoms with E-state index >= 15 is 0 Å². The van der Waals surface area contributed by atoms with Crippen LogP contribution in [0.4, 0.5) is 10.5 Å². The van der Waals surface area contributed by atoms with Crippen LogP contribution in [0.3, 0.4) is 0 Å². The number of para-hydroxylation sites is 1. The highest BCUT2D eigenvalue weighted by Gasteiger charge is 2.47. The Bertz CT molecular complexity index is 1090. The Balaban J connectivity index is 0.00000289. The first-order valence-electron chi connectivity index (χ1n) is 12.3. The van der Waals surface area contributed by atoms with Gasteiger partial charge in [-0.05, 0) is 46.1 Å². The fourth-order valence-electron chi connectivity index (χ4n) is 5.59. The molecule has 0 N–H and O–H groups in total. The summed E-state index contributed by atoms with van der Waals surface area (Å²) in [7, 11) is 0. The van der Waals surface area contributed by atoms with Crippen LogP contribution in [-0.2, 0) is 17.7 Å². The number of carbonyl (C=O) groups is 1. The van der Waals surface area contributed by atoms with Gasteiger partial charge in [0.15, 0.2) is 6.10 Å². The molecule has 3 aromatic rings. The molecule has 3 aliphatic heterocycles. The molecule has 1 aromatic heterocycles. The van der Waals surface area contributed by atoms with Gasteiger partial charge in [0.2, 0.25) is 0 Å². The van der Waals surface area contributed by atoms with Gasteiger partial charge < -0.3 is 21.6 Å². The molecule has 2 aromatic carbocycles. The number of benzene rings is 2. The molecule has 4 heterocycles. The van der Waals surface area contributed by atoms with Gasteiger partial charge in [-0.1, -0.05) is 48.5 Å². The zero-order chi connectivity index (χ0) is 23.4. The van der Waals surface area contributed by atoms with E-state index in [1.54, 1.807) is 16.2 Å². The van der Waals surface area contributed by atoms with Crippen molar-refractivity contribution in [2.45, 2.75) is 38.3 Å². The SMILES string of the molecule is O=C(O[C@H]1C[N+]2(CCCc3ccccc3)CCC1CC2)N(Cc1cc(Br)cs1)c1ccccc1.[Cl-]. The second-order valence-electron chi connectivity index (χ2n) is 9.70. The van der Waals surface area contributed by atoms with Crippen molar-refractivity contribution in [1.82, 2.24) is 0 Å². The average Bonchev–Trinajstić information content (AvgIpc) is 3.29. The monoisotopic (exact) mass is 574 g/mol. The lowest BCUT2D eigenvalue weighted by molar-refractivity contribution is -0.946. The van der Waals surface area contributed by atoms with Gasteiger partial charge in [-0.2, -0.15) is 0 Å². The first-order valence-corrected chi connectivity index (χ1v) is 13.9. The quantitative estimate of drug-likeness (QED) is 0.382. The lowest BCUT2D eigenvalue weighted by Gasteiger charge is -2.52. The number of rotatable bonds is 8. The third kappa shape index (κ3) is 6.48. The second-order valence-corrected chi connectivity index (χ2v) is 11.6. The largest absolute Gasteiger partial charge is 1.00 e. The van der Waals surface area contributed by atoms with E-state index in [9.17, 15) is 4.79 Å². The van der Waals surface area contributed by atoms with Gasteiger partial charge in [-0.15, -0.1) is 11.3 Å². The molecule has 3 fully saturated rings. The van der Waals surface area contributed by atoms with Gasteiger partial charge in [0.1, 0.15) is 6.54 Å². The van der Waals surface area contributed by atoms with Crippen molar-refractivity contribution in [2.24, 2.45) is 5.92 Å². The Kier molecular flexibility index (Phi) is 8.92. The predicted molar refractivity (Wildman–Crippen MR) is 142 cm³/mol. The summed E-state index contributed by atoms with van der Waals surface area (Å²) in [6.07, 6.45) is 4.40. The molecule has 3 saturated heterocycles. The number of aryl methyl sites for hydroxylation is 1. The van der Waals surface area contributed by atoms with Gasteiger partial charge in [0.05, 0.1) is 26.2 Å². The number of hydrogen-bond acceptors (Lipinski definition) is 3. The van der Waals surface area contributed by atoms with Gasteiger partial charge in [0, 0.05) is 45.6 Å². The van der Waals surface area contributed by atoms with E-state index < -0.39 is 0 Å². The van der Waals surface area contributed by atoms with E-state index in [-0.39, 0.29) is 24.6 Å². The number of amides is 1. The minimum absolute atomic E-state index is 0. The highest BCUT2D eigenvalue weighted by Crippen LogP contribution is 2.36. The zero-order valence-corrected chi connectivity index (χ0v) is 23.0. The summed E-state index contributed by atoms with van der Waals surface area (Å²) in [6.45, 7) is 5.09. The van der Waals surface area contributed by atoms with Crippen molar-refractivity contribution >= 4 is 39.0 Å². The predicted octanol–water partition coefficient (Wildman–Crippen LogP) is 3.90. The molecule has 0 saturated carbocycles. The van der Waals surface area contributed by atoms with Crippen LogP contribution in [-0.4, -0.2) is 42.9 Å². The minimum Gasteiger partial charge on any atom is -1.00 e. The maximum Gasteiger partial charge on any atom is 0.415 e. The Labute approximate surface area is 227 Å². The summed E-state index contributed by atoms with van der Waals surface area (Å²) in [4.78, 5) is 16.4. The summed E-state index contributed by atoms with van der Waals surface area (Å²) in [5.41, 5.74) is 2.29. The average molecular weight is 576 g/mol. The van der Waals surface area contributed by atoms with Crippen LogP contribution in [0, 0.1) is 5.92 Å². The number of halogens is 2. The summed E-state index contributed by atoms with van der Waals surface area (Å²) in [5, 5.41) is 2.06. The fourth-order valence-corrected chi connectivity index (χ4v) is 7.03. The van der Waals surface area contributed by atoms with Crippen LogP contribution < -0.4 is 17.3 Å². The molecule has 6 rings (SSSR count). The maximum atomic E-state index is 13.5. The third-order valence-electron chi connectivity index (χ3n) is 7.46. The first kappa shape index (κ1) is 26.2. The molecule has 0 spiro atoms. The van der Waals surface area contributed by atoms with Crippen LogP contribution in [0.15, 0.2) is 76.6 Å². The molecule has 0 radical (unpaired) electrons. The van der Waals surface area contributed by atoms with Crippen molar-refractivity contribution in [3.8, 4) is 0 Å². The van der Waals surface area contributed by atoms with Crippen LogP contribution in [0.1, 0.15) is 29.7 Å². The van der Waals surface area contributed by atoms with Crippen molar-refractivity contribution in [3.05, 3.63) is 87.0 Å². The summed E-state index contributed by atoms with van der Waals surface area (Å²) < 4.78 is 8.43. The number of thiophene rings is 1. The van der Waals surface area contributed by atoms with Crippen molar-refractivity contribution in [2.75, 3.05) is 31.1 Å². The van der Waals surface area contributed by atoms with Crippen molar-refractivity contribution in [3.63, 3.8) is 0 Å². The molecular weight excluding hydrogens is 544 g/mol. The smallest absolute Gasteiger partial charge is 0.415 e. The number of piperidine rings is 3. The number of ether oxygens (including phenoxy) is 1. The topological polar surface area (TPSA) is 29.5 Å². The Hall–Kier alpha value is -1.86. The molecule has 186 valence electrons. The number of carbonyl (C=O) groups excluding carboxylic acids is 1. The molecule has 1 atom stereocenters. The van der Waals surface area contributed by atoms with Crippen molar-refractivity contribution in [1.29, 1.82) is 0 Å². The Morgan fingerprint density at radius 2 is 1.74 bits per heavy atom. The third-order valence-corrected chi connectivity index (χ3v) is 9.14. The highest BCUT2D eigenvalue weighted by atomic mass is 79.9. The van der Waals surface area contributed by atoms with Gasteiger partial charge >= 0.3 is 6.09 Å². The van der Waals surface area contributed by atoms with Gasteiger partial charge in [-0.25, -0.2) is 4.79 Å². The standard InChI is InChI=1S/C28H32BrN2O2S.ClH/c29-24-18-26(34-21-24)19-30(25-11-5-2-6-12-25)28(32)33-27-20-31(16-13-23(27)14-17-31)15-7-10-22-8-3-1-4-9-22;/h1-6,8-9,11-12,18,21,23,27H,7,10,13-17,19-20H2;1H/q+1;/p-1/t23?,27-,31?;/m0./s1. The molecular formula is C28H32BrClN2O2S. The van der Waals surface area contributed by atoms with Crippen molar-refractivity contribution < 1.29 is 26.4 Å². The molecule has 3 aliphatic rings. The molecule has 2 bridgehead atoms.